The van der Waals surface area contributed by atoms with Crippen molar-refractivity contribution in [1.29, 1.82) is 0 Å². The first-order valence-electron chi connectivity index (χ1n) is 16.7. The third-order valence-electron chi connectivity index (χ3n) is 9.44. The maximum Gasteiger partial charge on any atom is 0.164 e. The van der Waals surface area contributed by atoms with Gasteiger partial charge in [0.15, 0.2) is 17.5 Å². The van der Waals surface area contributed by atoms with Crippen molar-refractivity contribution >= 4 is 53.3 Å². The molecule has 0 aliphatic heterocycles. The van der Waals surface area contributed by atoms with Gasteiger partial charge in [0, 0.05) is 53.3 Å². The highest BCUT2D eigenvalue weighted by atomic mass is 32.1. The Morgan fingerprint density at radius 3 is 1.64 bits per heavy atom. The highest BCUT2D eigenvalue weighted by Gasteiger charge is 2.21. The Bertz CT molecular complexity index is 2800. The van der Waals surface area contributed by atoms with Gasteiger partial charge in [0.1, 0.15) is 0 Å². The number of thiophene rings is 1. The molecule has 0 radical (unpaired) electrons. The van der Waals surface area contributed by atoms with Crippen molar-refractivity contribution in [3.8, 4) is 51.0 Å². The van der Waals surface area contributed by atoms with Gasteiger partial charge in [-0.3, -0.25) is 0 Å². The lowest BCUT2D eigenvalue weighted by atomic mass is 9.93. The van der Waals surface area contributed by atoms with E-state index >= 15 is 0 Å². The van der Waals surface area contributed by atoms with Crippen molar-refractivity contribution < 1.29 is 0 Å². The molecule has 3 heterocycles. The smallest absolute Gasteiger partial charge is 0.164 e. The van der Waals surface area contributed by atoms with E-state index in [-0.39, 0.29) is 0 Å². The summed E-state index contributed by atoms with van der Waals surface area (Å²) in [4.78, 5) is 15.2. The van der Waals surface area contributed by atoms with Crippen LogP contribution in [0.1, 0.15) is 0 Å². The minimum Gasteiger partial charge on any atom is -0.309 e. The fourth-order valence-electron chi connectivity index (χ4n) is 7.23. The number of para-hydroxylation sites is 2. The van der Waals surface area contributed by atoms with Crippen molar-refractivity contribution in [3.63, 3.8) is 0 Å². The first-order valence-corrected chi connectivity index (χ1v) is 17.5. The van der Waals surface area contributed by atoms with Gasteiger partial charge < -0.3 is 4.57 Å². The van der Waals surface area contributed by atoms with Crippen LogP contribution in [0.2, 0.25) is 0 Å². The molecule has 0 atom stereocenters. The molecule has 0 aliphatic carbocycles. The number of benzene rings is 7. The average molecular weight is 657 g/mol. The van der Waals surface area contributed by atoms with Gasteiger partial charge >= 0.3 is 0 Å². The van der Waals surface area contributed by atoms with Gasteiger partial charge in [-0.25, -0.2) is 15.0 Å². The standard InChI is InChI=1S/C45H28N4S/c1-4-15-29(16-5-1)43-46-44(30-17-6-2-7-18-30)48-45(47-43)31-27-36(42-35-22-11-13-26-39(35)50-40(42)28-31)33-23-14-25-38-41(33)34-21-10-12-24-37(34)49(38)32-19-8-3-9-20-32/h1-28H. The molecule has 0 spiro atoms. The summed E-state index contributed by atoms with van der Waals surface area (Å²) in [6.07, 6.45) is 0. The molecule has 0 amide bonds. The van der Waals surface area contributed by atoms with Gasteiger partial charge in [0.2, 0.25) is 0 Å². The topological polar surface area (TPSA) is 43.6 Å². The fraction of sp³-hybridized carbons (Fsp3) is 0. The molecule has 10 aromatic rings. The maximum atomic E-state index is 5.13. The molecule has 5 heteroatoms. The van der Waals surface area contributed by atoms with Crippen LogP contribution < -0.4 is 0 Å². The summed E-state index contributed by atoms with van der Waals surface area (Å²) in [5, 5.41) is 4.95. The van der Waals surface area contributed by atoms with E-state index in [2.05, 4.69) is 138 Å². The molecule has 0 N–H and O–H groups in total. The zero-order chi connectivity index (χ0) is 33.0. The second kappa shape index (κ2) is 11.6. The second-order valence-electron chi connectivity index (χ2n) is 12.4. The lowest BCUT2D eigenvalue weighted by molar-refractivity contribution is 1.07. The first-order chi connectivity index (χ1) is 24.8. The molecular formula is C45H28N4S. The van der Waals surface area contributed by atoms with Crippen LogP contribution in [-0.4, -0.2) is 19.5 Å². The van der Waals surface area contributed by atoms with Gasteiger partial charge in [-0.2, -0.15) is 0 Å². The first kappa shape index (κ1) is 28.6. The number of aromatic nitrogens is 4. The van der Waals surface area contributed by atoms with Gasteiger partial charge in [-0.1, -0.05) is 127 Å². The van der Waals surface area contributed by atoms with Crippen LogP contribution in [0.15, 0.2) is 170 Å². The molecule has 0 aliphatic rings. The minimum absolute atomic E-state index is 0.650. The summed E-state index contributed by atoms with van der Waals surface area (Å²) in [6.45, 7) is 0. The number of fused-ring (bicyclic) bond motifs is 6. The van der Waals surface area contributed by atoms with Crippen LogP contribution in [0.25, 0.3) is 93.0 Å². The quantitative estimate of drug-likeness (QED) is 0.185. The zero-order valence-corrected chi connectivity index (χ0v) is 27.7. The van der Waals surface area contributed by atoms with Gasteiger partial charge in [0.25, 0.3) is 0 Å². The summed E-state index contributed by atoms with van der Waals surface area (Å²) in [5.74, 6) is 1.96. The molecule has 3 aromatic heterocycles. The SMILES string of the molecule is c1ccc(-c2nc(-c3ccccc3)nc(-c3cc(-c4cccc5c4c4ccccc4n5-c4ccccc4)c4c(c3)sc3ccccc34)n2)cc1. The molecule has 0 bridgehead atoms. The molecule has 234 valence electrons. The van der Waals surface area contributed by atoms with E-state index in [1.54, 1.807) is 0 Å². The van der Waals surface area contributed by atoms with E-state index in [4.69, 9.17) is 15.0 Å². The highest BCUT2D eigenvalue weighted by molar-refractivity contribution is 7.26. The summed E-state index contributed by atoms with van der Waals surface area (Å²) in [7, 11) is 0. The maximum absolute atomic E-state index is 5.13. The van der Waals surface area contributed by atoms with Crippen molar-refractivity contribution in [2.24, 2.45) is 0 Å². The number of rotatable bonds is 5. The van der Waals surface area contributed by atoms with Gasteiger partial charge in [0.05, 0.1) is 11.0 Å². The average Bonchev–Trinajstić information content (AvgIpc) is 3.74. The van der Waals surface area contributed by atoms with Gasteiger partial charge in [-0.05, 0) is 53.6 Å². The van der Waals surface area contributed by atoms with Crippen LogP contribution in [0.5, 0.6) is 0 Å². The van der Waals surface area contributed by atoms with Crippen molar-refractivity contribution in [3.05, 3.63) is 170 Å². The van der Waals surface area contributed by atoms with E-state index in [0.717, 1.165) is 22.4 Å². The Kier molecular flexibility index (Phi) is 6.64. The Labute approximate surface area is 292 Å². The van der Waals surface area contributed by atoms with Gasteiger partial charge in [-0.15, -0.1) is 11.3 Å². The number of hydrogen-bond donors (Lipinski definition) is 0. The molecule has 0 saturated carbocycles. The largest absolute Gasteiger partial charge is 0.309 e. The molecule has 0 fully saturated rings. The predicted molar refractivity (Wildman–Crippen MR) is 209 cm³/mol. The van der Waals surface area contributed by atoms with Crippen LogP contribution in [-0.2, 0) is 0 Å². The van der Waals surface area contributed by atoms with Crippen LogP contribution >= 0.6 is 11.3 Å². The Hall–Kier alpha value is -6.43. The van der Waals surface area contributed by atoms with E-state index in [9.17, 15) is 0 Å². The lowest BCUT2D eigenvalue weighted by Gasteiger charge is -2.13. The molecule has 7 aromatic carbocycles. The Morgan fingerprint density at radius 2 is 0.940 bits per heavy atom. The second-order valence-corrected chi connectivity index (χ2v) is 13.5. The molecule has 0 unspecified atom stereocenters. The number of nitrogens with zero attached hydrogens (tertiary/aromatic N) is 4. The third-order valence-corrected chi connectivity index (χ3v) is 10.6. The predicted octanol–water partition coefficient (Wildman–Crippen LogP) is 12.0. The summed E-state index contributed by atoms with van der Waals surface area (Å²) in [5.41, 5.74) is 8.71. The van der Waals surface area contributed by atoms with Crippen molar-refractivity contribution in [2.45, 2.75) is 0 Å². The minimum atomic E-state index is 0.650. The number of hydrogen-bond acceptors (Lipinski definition) is 4. The summed E-state index contributed by atoms with van der Waals surface area (Å²) < 4.78 is 4.83. The molecule has 0 saturated heterocycles. The fourth-order valence-corrected chi connectivity index (χ4v) is 8.40. The van der Waals surface area contributed by atoms with E-state index in [1.165, 1.54) is 53.1 Å². The van der Waals surface area contributed by atoms with Crippen LogP contribution in [0, 0.1) is 0 Å². The van der Waals surface area contributed by atoms with E-state index in [1.807, 2.05) is 47.7 Å². The molecule has 4 nitrogen and oxygen atoms in total. The Morgan fingerprint density at radius 1 is 0.380 bits per heavy atom. The van der Waals surface area contributed by atoms with Crippen LogP contribution in [0.4, 0.5) is 0 Å². The molecule has 10 rings (SSSR count). The Balaban J connectivity index is 1.30. The van der Waals surface area contributed by atoms with Crippen molar-refractivity contribution in [1.82, 2.24) is 19.5 Å². The monoisotopic (exact) mass is 656 g/mol. The lowest BCUT2D eigenvalue weighted by Crippen LogP contribution is -2.00. The third kappa shape index (κ3) is 4.63. The molecule has 50 heavy (non-hydrogen) atoms. The molecular weight excluding hydrogens is 629 g/mol. The summed E-state index contributed by atoms with van der Waals surface area (Å²) >= 11 is 1.82. The van der Waals surface area contributed by atoms with E-state index < -0.39 is 0 Å². The van der Waals surface area contributed by atoms with Crippen molar-refractivity contribution in [2.75, 3.05) is 0 Å². The van der Waals surface area contributed by atoms with E-state index in [0.29, 0.717) is 17.5 Å². The zero-order valence-electron chi connectivity index (χ0n) is 26.9. The highest BCUT2D eigenvalue weighted by Crippen LogP contribution is 2.46. The normalized spacial score (nSPS) is 11.6. The van der Waals surface area contributed by atoms with Crippen LogP contribution in [0.3, 0.4) is 0 Å². The summed E-state index contributed by atoms with van der Waals surface area (Å²) in [6, 6.07) is 59.7.